The van der Waals surface area contributed by atoms with Gasteiger partial charge in [-0.3, -0.25) is 14.9 Å². The molecule has 1 unspecified atom stereocenters. The monoisotopic (exact) mass is 243 g/mol. The summed E-state index contributed by atoms with van der Waals surface area (Å²) in [5, 5.41) is 19.1. The first kappa shape index (κ1) is 15.6. The molecule has 5 heteroatoms. The van der Waals surface area contributed by atoms with Crippen LogP contribution in [0.2, 0.25) is 0 Å². The van der Waals surface area contributed by atoms with Crippen LogP contribution >= 0.6 is 0 Å². The highest BCUT2D eigenvalue weighted by Crippen LogP contribution is 2.08. The lowest BCUT2D eigenvalue weighted by molar-refractivity contribution is -0.522. The summed E-state index contributed by atoms with van der Waals surface area (Å²) in [5.74, 6) is -1.11. The second-order valence-corrected chi connectivity index (χ2v) is 4.08. The standard InChI is InChI=1S/C12H21NO4/c1-2-3-4-5-6-7-8-9-11(13(16)17)10-12(14)15/h6-7,11H,2-5,8-10H2,1H3,(H,14,15). The normalized spacial score (nSPS) is 12.8. The molecule has 0 amide bonds. The van der Waals surface area contributed by atoms with Crippen molar-refractivity contribution in [3.8, 4) is 0 Å². The molecule has 17 heavy (non-hydrogen) atoms. The minimum absolute atomic E-state index is 0.295. The summed E-state index contributed by atoms with van der Waals surface area (Å²) in [5.41, 5.74) is 0. The van der Waals surface area contributed by atoms with Crippen molar-refractivity contribution in [1.29, 1.82) is 0 Å². The number of hydrogen-bond acceptors (Lipinski definition) is 3. The highest BCUT2D eigenvalue weighted by molar-refractivity contribution is 5.67. The van der Waals surface area contributed by atoms with E-state index in [2.05, 4.69) is 6.92 Å². The van der Waals surface area contributed by atoms with Gasteiger partial charge in [-0.05, 0) is 19.3 Å². The van der Waals surface area contributed by atoms with Gasteiger partial charge in [-0.1, -0.05) is 31.9 Å². The fraction of sp³-hybridized carbons (Fsp3) is 0.750. The smallest absolute Gasteiger partial charge is 0.310 e. The maximum atomic E-state index is 10.6. The Bertz CT molecular complexity index is 263. The number of hydrogen-bond donors (Lipinski definition) is 1. The summed E-state index contributed by atoms with van der Waals surface area (Å²) in [7, 11) is 0. The summed E-state index contributed by atoms with van der Waals surface area (Å²) in [6, 6.07) is -0.965. The van der Waals surface area contributed by atoms with Crippen molar-refractivity contribution in [2.45, 2.75) is 57.9 Å². The first-order valence-electron chi connectivity index (χ1n) is 6.08. The third kappa shape index (κ3) is 9.53. The van der Waals surface area contributed by atoms with Crippen LogP contribution in [0.4, 0.5) is 0 Å². The first-order valence-corrected chi connectivity index (χ1v) is 6.08. The molecule has 5 nitrogen and oxygen atoms in total. The van der Waals surface area contributed by atoms with Crippen LogP contribution < -0.4 is 0 Å². The number of carboxylic acid groups (broad SMARTS) is 1. The summed E-state index contributed by atoms with van der Waals surface area (Å²) >= 11 is 0. The molecule has 0 aliphatic rings. The minimum Gasteiger partial charge on any atom is -0.481 e. The van der Waals surface area contributed by atoms with Gasteiger partial charge in [0.2, 0.25) is 6.04 Å². The van der Waals surface area contributed by atoms with Crippen LogP contribution in [0.15, 0.2) is 12.2 Å². The van der Waals surface area contributed by atoms with Crippen molar-refractivity contribution in [2.24, 2.45) is 0 Å². The van der Waals surface area contributed by atoms with Crippen LogP contribution in [0.1, 0.15) is 51.9 Å². The van der Waals surface area contributed by atoms with Crippen LogP contribution in [-0.4, -0.2) is 22.0 Å². The third-order valence-electron chi connectivity index (χ3n) is 2.52. The molecule has 0 fully saturated rings. The van der Waals surface area contributed by atoms with Crippen molar-refractivity contribution in [1.82, 2.24) is 0 Å². The topological polar surface area (TPSA) is 80.4 Å². The molecular weight excluding hydrogens is 222 g/mol. The van der Waals surface area contributed by atoms with Crippen LogP contribution in [0.3, 0.4) is 0 Å². The van der Waals surface area contributed by atoms with Gasteiger partial charge in [-0.15, -0.1) is 0 Å². The third-order valence-corrected chi connectivity index (χ3v) is 2.52. The van der Waals surface area contributed by atoms with Gasteiger partial charge in [0.05, 0.1) is 0 Å². The minimum atomic E-state index is -1.11. The number of nitro groups is 1. The Morgan fingerprint density at radius 2 is 2.00 bits per heavy atom. The second kappa shape index (κ2) is 9.81. The van der Waals surface area contributed by atoms with Gasteiger partial charge in [-0.2, -0.15) is 0 Å². The van der Waals surface area contributed by atoms with Gasteiger partial charge in [0.15, 0.2) is 0 Å². The van der Waals surface area contributed by atoms with E-state index in [1.807, 2.05) is 12.2 Å². The lowest BCUT2D eigenvalue weighted by Gasteiger charge is -2.04. The van der Waals surface area contributed by atoms with Gasteiger partial charge >= 0.3 is 5.97 Å². The van der Waals surface area contributed by atoms with Gasteiger partial charge in [0, 0.05) is 11.3 Å². The van der Waals surface area contributed by atoms with E-state index in [0.717, 1.165) is 12.8 Å². The quantitative estimate of drug-likeness (QED) is 0.277. The van der Waals surface area contributed by atoms with Crippen LogP contribution in [-0.2, 0) is 4.79 Å². The lowest BCUT2D eigenvalue weighted by atomic mass is 10.1. The zero-order valence-electron chi connectivity index (χ0n) is 10.3. The maximum absolute atomic E-state index is 10.6. The van der Waals surface area contributed by atoms with E-state index >= 15 is 0 Å². The van der Waals surface area contributed by atoms with Gasteiger partial charge in [0.25, 0.3) is 0 Å². The zero-order valence-corrected chi connectivity index (χ0v) is 10.3. The highest BCUT2D eigenvalue weighted by atomic mass is 16.6. The predicted octanol–water partition coefficient (Wildman–Crippen LogP) is 3.02. The predicted molar refractivity (Wildman–Crippen MR) is 65.6 cm³/mol. The summed E-state index contributed by atoms with van der Waals surface area (Å²) in [4.78, 5) is 20.5. The number of carbonyl (C=O) groups is 1. The van der Waals surface area contributed by atoms with Crippen LogP contribution in [0.25, 0.3) is 0 Å². The number of carboxylic acids is 1. The van der Waals surface area contributed by atoms with Crippen molar-refractivity contribution in [2.75, 3.05) is 0 Å². The Morgan fingerprint density at radius 3 is 2.53 bits per heavy atom. The molecule has 0 heterocycles. The molecular formula is C12H21NO4. The van der Waals surface area contributed by atoms with E-state index in [1.54, 1.807) is 0 Å². The van der Waals surface area contributed by atoms with Crippen LogP contribution in [0, 0.1) is 10.1 Å². The van der Waals surface area contributed by atoms with Crippen molar-refractivity contribution < 1.29 is 14.8 Å². The van der Waals surface area contributed by atoms with Crippen molar-refractivity contribution in [3.05, 3.63) is 22.3 Å². The van der Waals surface area contributed by atoms with Crippen molar-refractivity contribution >= 4 is 5.97 Å². The molecule has 0 saturated heterocycles. The molecule has 1 atom stereocenters. The van der Waals surface area contributed by atoms with E-state index in [4.69, 9.17) is 5.11 Å². The van der Waals surface area contributed by atoms with E-state index in [9.17, 15) is 14.9 Å². The van der Waals surface area contributed by atoms with Gasteiger partial charge < -0.3 is 5.11 Å². The molecule has 0 radical (unpaired) electrons. The molecule has 0 aromatic carbocycles. The molecule has 0 saturated carbocycles. The summed E-state index contributed by atoms with van der Waals surface area (Å²) < 4.78 is 0. The van der Waals surface area contributed by atoms with Gasteiger partial charge in [-0.25, -0.2) is 0 Å². The number of aliphatic carboxylic acids is 1. The molecule has 0 aliphatic heterocycles. The molecule has 0 aromatic heterocycles. The van der Waals surface area contributed by atoms with Crippen molar-refractivity contribution in [3.63, 3.8) is 0 Å². The van der Waals surface area contributed by atoms with E-state index < -0.39 is 23.4 Å². The van der Waals surface area contributed by atoms with E-state index in [0.29, 0.717) is 12.8 Å². The molecule has 1 N–H and O–H groups in total. The van der Waals surface area contributed by atoms with Crippen LogP contribution in [0.5, 0.6) is 0 Å². The van der Waals surface area contributed by atoms with E-state index in [1.165, 1.54) is 12.8 Å². The molecule has 0 aliphatic carbocycles. The zero-order chi connectivity index (χ0) is 13.1. The molecule has 0 bridgehead atoms. The van der Waals surface area contributed by atoms with Gasteiger partial charge in [0.1, 0.15) is 6.42 Å². The SMILES string of the molecule is CCCCCC=CCCC(CC(=O)O)[N+](=O)[O-]. The average Bonchev–Trinajstić information content (AvgIpc) is 2.25. The summed E-state index contributed by atoms with van der Waals surface area (Å²) in [6.45, 7) is 2.14. The number of rotatable bonds is 10. The van der Waals surface area contributed by atoms with E-state index in [-0.39, 0.29) is 0 Å². The Morgan fingerprint density at radius 1 is 1.35 bits per heavy atom. The maximum Gasteiger partial charge on any atom is 0.310 e. The largest absolute Gasteiger partial charge is 0.481 e. The fourth-order valence-corrected chi connectivity index (χ4v) is 1.52. The Labute approximate surface area is 102 Å². The average molecular weight is 243 g/mol. The Balaban J connectivity index is 3.74. The number of unbranched alkanes of at least 4 members (excludes halogenated alkanes) is 3. The number of allylic oxidation sites excluding steroid dienone is 2. The Hall–Kier alpha value is -1.39. The Kier molecular flexibility index (Phi) is 9.01. The summed E-state index contributed by atoms with van der Waals surface area (Å²) in [6.07, 6.45) is 8.92. The lowest BCUT2D eigenvalue weighted by Crippen LogP contribution is -2.22. The molecule has 98 valence electrons. The molecule has 0 spiro atoms. The molecule has 0 rings (SSSR count). The second-order valence-electron chi connectivity index (χ2n) is 4.08. The first-order chi connectivity index (χ1) is 8.07. The number of nitrogens with zero attached hydrogens (tertiary/aromatic N) is 1. The molecule has 0 aromatic rings. The fourth-order valence-electron chi connectivity index (χ4n) is 1.52. The highest BCUT2D eigenvalue weighted by Gasteiger charge is 2.22.